The SMILES string of the molecule is COc1ccc(N2C(=O)CSC2=NC(=O)NCCCCc2ccc(-c3ncn(-c4ccc(OC(F)(F)F)cc4)n3)cc2)c(C(C)C)c1. The van der Waals surface area contributed by atoms with E-state index in [-0.39, 0.29) is 23.3 Å². The predicted octanol–water partition coefficient (Wildman–Crippen LogP) is 7.13. The normalized spacial score (nSPS) is 14.2. The minimum absolute atomic E-state index is 0.128. The van der Waals surface area contributed by atoms with Crippen molar-refractivity contribution in [1.82, 2.24) is 20.1 Å². The van der Waals surface area contributed by atoms with Gasteiger partial charge in [-0.2, -0.15) is 4.99 Å². The summed E-state index contributed by atoms with van der Waals surface area (Å²) >= 11 is 1.24. The van der Waals surface area contributed by atoms with Crippen LogP contribution in [-0.4, -0.2) is 57.6 Å². The number of aryl methyl sites for hydroxylation is 1. The average molecular weight is 667 g/mol. The number of rotatable bonds is 11. The fourth-order valence-corrected chi connectivity index (χ4v) is 5.78. The summed E-state index contributed by atoms with van der Waals surface area (Å²) in [6.45, 7) is 4.51. The molecule has 246 valence electrons. The van der Waals surface area contributed by atoms with Crippen LogP contribution in [0.25, 0.3) is 17.1 Å². The van der Waals surface area contributed by atoms with Gasteiger partial charge >= 0.3 is 12.4 Å². The van der Waals surface area contributed by atoms with Crippen molar-refractivity contribution in [2.75, 3.05) is 24.3 Å². The Morgan fingerprint density at radius 2 is 1.77 bits per heavy atom. The highest BCUT2D eigenvalue weighted by Crippen LogP contribution is 2.35. The molecule has 10 nitrogen and oxygen atoms in total. The van der Waals surface area contributed by atoms with E-state index in [9.17, 15) is 22.8 Å². The first-order chi connectivity index (χ1) is 22.5. The van der Waals surface area contributed by atoms with Crippen LogP contribution in [0.15, 0.2) is 78.0 Å². The molecule has 47 heavy (non-hydrogen) atoms. The van der Waals surface area contributed by atoms with Crippen LogP contribution in [0.2, 0.25) is 0 Å². The van der Waals surface area contributed by atoms with Crippen molar-refractivity contribution in [1.29, 1.82) is 0 Å². The Labute approximate surface area is 274 Å². The number of thioether (sulfide) groups is 1. The number of hydrogen-bond donors (Lipinski definition) is 1. The fourth-order valence-electron chi connectivity index (χ4n) is 4.92. The fraction of sp³-hybridized carbons (Fsp3) is 0.303. The van der Waals surface area contributed by atoms with E-state index in [0.29, 0.717) is 34.7 Å². The second-order valence-electron chi connectivity index (χ2n) is 10.9. The quantitative estimate of drug-likeness (QED) is 0.170. The van der Waals surface area contributed by atoms with Gasteiger partial charge in [0.15, 0.2) is 11.0 Å². The number of hydrogen-bond acceptors (Lipinski definition) is 7. The van der Waals surface area contributed by atoms with E-state index in [1.807, 2.05) is 50.2 Å². The van der Waals surface area contributed by atoms with Crippen molar-refractivity contribution in [3.63, 3.8) is 0 Å². The van der Waals surface area contributed by atoms with Gasteiger partial charge in [0.1, 0.15) is 17.8 Å². The van der Waals surface area contributed by atoms with Gasteiger partial charge in [0.25, 0.3) is 0 Å². The third kappa shape index (κ3) is 8.70. The summed E-state index contributed by atoms with van der Waals surface area (Å²) < 4.78 is 47.9. The van der Waals surface area contributed by atoms with E-state index < -0.39 is 12.4 Å². The number of urea groups is 1. The van der Waals surface area contributed by atoms with Crippen molar-refractivity contribution >= 4 is 34.6 Å². The molecule has 0 atom stereocenters. The molecular weight excluding hydrogens is 633 g/mol. The number of ether oxygens (including phenoxy) is 2. The van der Waals surface area contributed by atoms with Crippen molar-refractivity contribution in [3.05, 3.63) is 84.2 Å². The Hall–Kier alpha value is -4.85. The number of anilines is 1. The number of unbranched alkanes of at least 4 members (excludes halogenated alkanes) is 1. The highest BCUT2D eigenvalue weighted by Gasteiger charge is 2.33. The second kappa shape index (κ2) is 14.7. The van der Waals surface area contributed by atoms with E-state index in [1.165, 1.54) is 51.9 Å². The van der Waals surface area contributed by atoms with E-state index in [4.69, 9.17) is 4.74 Å². The van der Waals surface area contributed by atoms with Crippen LogP contribution in [0.1, 0.15) is 43.7 Å². The van der Waals surface area contributed by atoms with Crippen LogP contribution < -0.4 is 19.7 Å². The molecule has 4 aromatic rings. The summed E-state index contributed by atoms with van der Waals surface area (Å²) in [6, 6.07) is 18.2. The van der Waals surface area contributed by atoms with Gasteiger partial charge in [-0.25, -0.2) is 14.5 Å². The highest BCUT2D eigenvalue weighted by atomic mass is 32.2. The van der Waals surface area contributed by atoms with Crippen LogP contribution in [0, 0.1) is 0 Å². The number of aromatic nitrogens is 3. The summed E-state index contributed by atoms with van der Waals surface area (Å²) in [5.74, 6) is 1.07. The molecule has 0 radical (unpaired) electrons. The number of amides is 3. The molecule has 1 aliphatic heterocycles. The minimum atomic E-state index is -4.75. The lowest BCUT2D eigenvalue weighted by Crippen LogP contribution is -2.32. The van der Waals surface area contributed by atoms with E-state index in [2.05, 4.69) is 25.1 Å². The monoisotopic (exact) mass is 666 g/mol. The molecule has 0 unspecified atom stereocenters. The molecule has 3 amide bonds. The number of amidine groups is 1. The van der Waals surface area contributed by atoms with Crippen LogP contribution >= 0.6 is 11.8 Å². The average Bonchev–Trinajstić information content (AvgIpc) is 3.67. The molecule has 1 N–H and O–H groups in total. The lowest BCUT2D eigenvalue weighted by atomic mass is 10.00. The molecule has 0 spiro atoms. The van der Waals surface area contributed by atoms with Gasteiger partial charge in [-0.05, 0) is 78.8 Å². The molecule has 0 saturated carbocycles. The number of benzene rings is 3. The topological polar surface area (TPSA) is 111 Å². The number of alkyl halides is 3. The molecule has 5 rings (SSSR count). The third-order valence-corrected chi connectivity index (χ3v) is 8.19. The lowest BCUT2D eigenvalue weighted by Gasteiger charge is -2.22. The number of nitrogens with zero attached hydrogens (tertiary/aromatic N) is 5. The first kappa shape index (κ1) is 33.5. The zero-order chi connectivity index (χ0) is 33.6. The number of carbonyl (C=O) groups is 2. The van der Waals surface area contributed by atoms with Crippen molar-refractivity contribution in [2.45, 2.75) is 45.4 Å². The van der Waals surface area contributed by atoms with Gasteiger partial charge in [-0.1, -0.05) is 49.9 Å². The predicted molar refractivity (Wildman–Crippen MR) is 174 cm³/mol. The van der Waals surface area contributed by atoms with Gasteiger partial charge in [0.05, 0.1) is 24.2 Å². The largest absolute Gasteiger partial charge is 0.573 e. The Morgan fingerprint density at radius 1 is 1.04 bits per heavy atom. The number of halogens is 3. The van der Waals surface area contributed by atoms with Crippen LogP contribution in [-0.2, 0) is 11.2 Å². The molecule has 2 heterocycles. The number of carbonyl (C=O) groups excluding carboxylic acids is 2. The summed E-state index contributed by atoms with van der Waals surface area (Å²) in [4.78, 5) is 35.4. The molecule has 1 fully saturated rings. The van der Waals surface area contributed by atoms with Gasteiger partial charge in [-0.3, -0.25) is 9.69 Å². The number of aliphatic imine (C=N–C) groups is 1. The van der Waals surface area contributed by atoms with Crippen LogP contribution in [0.3, 0.4) is 0 Å². The number of nitrogens with one attached hydrogen (secondary N) is 1. The molecule has 1 aliphatic rings. The molecular formula is C33H33F3N6O4S. The molecule has 3 aromatic carbocycles. The van der Waals surface area contributed by atoms with E-state index in [0.717, 1.165) is 36.0 Å². The molecule has 0 aliphatic carbocycles. The Balaban J connectivity index is 1.10. The van der Waals surface area contributed by atoms with Gasteiger partial charge in [0.2, 0.25) is 5.91 Å². The maximum atomic E-state index is 12.8. The van der Waals surface area contributed by atoms with Crippen molar-refractivity contribution < 1.29 is 32.2 Å². The maximum absolute atomic E-state index is 12.8. The molecule has 14 heteroatoms. The van der Waals surface area contributed by atoms with Gasteiger partial charge < -0.3 is 14.8 Å². The van der Waals surface area contributed by atoms with E-state index in [1.54, 1.807) is 13.2 Å². The van der Waals surface area contributed by atoms with Crippen molar-refractivity contribution in [3.8, 4) is 28.6 Å². The molecule has 1 aromatic heterocycles. The highest BCUT2D eigenvalue weighted by molar-refractivity contribution is 8.15. The number of methoxy groups -OCH3 is 1. The van der Waals surface area contributed by atoms with E-state index >= 15 is 0 Å². The summed E-state index contributed by atoms with van der Waals surface area (Å²) in [6.07, 6.45) is -0.891. The first-order valence-corrected chi connectivity index (χ1v) is 15.9. The second-order valence-corrected chi connectivity index (χ2v) is 11.9. The zero-order valence-corrected chi connectivity index (χ0v) is 26.8. The zero-order valence-electron chi connectivity index (χ0n) is 26.0. The minimum Gasteiger partial charge on any atom is -0.497 e. The van der Waals surface area contributed by atoms with Crippen molar-refractivity contribution in [2.24, 2.45) is 4.99 Å². The molecule has 1 saturated heterocycles. The lowest BCUT2D eigenvalue weighted by molar-refractivity contribution is -0.274. The standard InChI is InChI=1S/C33H33F3N6O4S/c1-21(2)27-18-26(45-3)15-16-28(27)42-29(43)19-47-32(42)39-31(44)37-17-5-4-6-22-7-9-23(10-8-22)30-38-20-41(40-30)24-11-13-25(14-12-24)46-33(34,35)36/h7-16,18,20-21H,4-6,17,19H2,1-3H3,(H,37,44). The van der Waals surface area contributed by atoms with Crippen LogP contribution in [0.4, 0.5) is 23.7 Å². The van der Waals surface area contributed by atoms with Gasteiger partial charge in [0, 0.05) is 12.1 Å². The third-order valence-electron chi connectivity index (χ3n) is 7.27. The Kier molecular flexibility index (Phi) is 10.5. The molecule has 0 bridgehead atoms. The first-order valence-electron chi connectivity index (χ1n) is 14.9. The maximum Gasteiger partial charge on any atom is 0.573 e. The van der Waals surface area contributed by atoms with Gasteiger partial charge in [-0.15, -0.1) is 18.3 Å². The smallest absolute Gasteiger partial charge is 0.497 e. The Bertz CT molecular complexity index is 1740. The Morgan fingerprint density at radius 3 is 2.45 bits per heavy atom. The summed E-state index contributed by atoms with van der Waals surface area (Å²) in [7, 11) is 1.59. The summed E-state index contributed by atoms with van der Waals surface area (Å²) in [5.41, 5.74) is 4.07. The summed E-state index contributed by atoms with van der Waals surface area (Å²) in [5, 5.41) is 7.61. The van der Waals surface area contributed by atoms with Crippen LogP contribution in [0.5, 0.6) is 11.5 Å².